The molecule has 0 radical (unpaired) electrons. The monoisotopic (exact) mass is 209 g/mol. The molecular formula is C13H23NO. The minimum Gasteiger partial charge on any atom is -0.298 e. The molecule has 0 bridgehead atoms. The Labute approximate surface area is 93.7 Å². The van der Waals surface area contributed by atoms with Gasteiger partial charge in [-0.15, -0.1) is 0 Å². The van der Waals surface area contributed by atoms with Crippen molar-refractivity contribution in [3.63, 3.8) is 0 Å². The molecule has 0 fully saturated rings. The van der Waals surface area contributed by atoms with E-state index in [9.17, 15) is 4.79 Å². The van der Waals surface area contributed by atoms with Gasteiger partial charge in [0.25, 0.3) is 0 Å². The Hall–Kier alpha value is -0.840. The van der Waals surface area contributed by atoms with Crippen LogP contribution in [0.2, 0.25) is 0 Å². The average Bonchev–Trinajstić information content (AvgIpc) is 2.02. The SMILES string of the molecule is CC(C)C(C#N)C(=O)CC(C)C(C)(C)C. The highest BCUT2D eigenvalue weighted by Gasteiger charge is 2.27. The number of rotatable bonds is 4. The predicted molar refractivity (Wildman–Crippen MR) is 62.2 cm³/mol. The van der Waals surface area contributed by atoms with Gasteiger partial charge in [-0.05, 0) is 17.3 Å². The van der Waals surface area contributed by atoms with Crippen LogP contribution in [0.4, 0.5) is 0 Å². The number of carbonyl (C=O) groups excluding carboxylic acids is 1. The third kappa shape index (κ3) is 4.46. The molecule has 0 aromatic heterocycles. The molecule has 0 rings (SSSR count). The fraction of sp³-hybridized carbons (Fsp3) is 0.846. The molecule has 0 spiro atoms. The summed E-state index contributed by atoms with van der Waals surface area (Å²) in [6, 6.07) is 2.11. The summed E-state index contributed by atoms with van der Waals surface area (Å²) in [4.78, 5) is 11.9. The summed E-state index contributed by atoms with van der Waals surface area (Å²) >= 11 is 0. The summed E-state index contributed by atoms with van der Waals surface area (Å²) in [5.74, 6) is 0.0963. The lowest BCUT2D eigenvalue weighted by molar-refractivity contribution is -0.123. The van der Waals surface area contributed by atoms with Crippen LogP contribution in [0.15, 0.2) is 0 Å². The second-order valence-corrected chi connectivity index (χ2v) is 5.79. The Morgan fingerprint density at radius 2 is 1.73 bits per heavy atom. The lowest BCUT2D eigenvalue weighted by atomic mass is 9.77. The van der Waals surface area contributed by atoms with Gasteiger partial charge in [0.1, 0.15) is 5.92 Å². The summed E-state index contributed by atoms with van der Waals surface area (Å²) in [6.45, 7) is 12.3. The average molecular weight is 209 g/mol. The molecule has 0 heterocycles. The highest BCUT2D eigenvalue weighted by molar-refractivity contribution is 5.83. The largest absolute Gasteiger partial charge is 0.298 e. The molecule has 0 saturated carbocycles. The molecule has 0 N–H and O–H groups in total. The van der Waals surface area contributed by atoms with Crippen molar-refractivity contribution in [1.29, 1.82) is 5.26 Å². The fourth-order valence-electron chi connectivity index (χ4n) is 1.33. The number of nitrogens with zero attached hydrogens (tertiary/aromatic N) is 1. The standard InChI is InChI=1S/C13H23NO/c1-9(2)11(8-14)12(15)7-10(3)13(4,5)6/h9-11H,7H2,1-6H3. The van der Waals surface area contributed by atoms with Crippen molar-refractivity contribution in [2.24, 2.45) is 23.2 Å². The molecule has 0 saturated heterocycles. The summed E-state index contributed by atoms with van der Waals surface area (Å²) < 4.78 is 0. The van der Waals surface area contributed by atoms with E-state index in [4.69, 9.17) is 5.26 Å². The normalized spacial score (nSPS) is 15.9. The van der Waals surface area contributed by atoms with E-state index in [1.54, 1.807) is 0 Å². The summed E-state index contributed by atoms with van der Waals surface area (Å²) in [7, 11) is 0. The van der Waals surface area contributed by atoms with E-state index in [1.807, 2.05) is 13.8 Å². The van der Waals surface area contributed by atoms with Crippen molar-refractivity contribution < 1.29 is 4.79 Å². The van der Waals surface area contributed by atoms with E-state index < -0.39 is 5.92 Å². The van der Waals surface area contributed by atoms with Crippen LogP contribution in [-0.2, 0) is 4.79 Å². The van der Waals surface area contributed by atoms with Gasteiger partial charge < -0.3 is 0 Å². The summed E-state index contributed by atoms with van der Waals surface area (Å²) in [6.07, 6.45) is 0.514. The minimum atomic E-state index is -0.435. The van der Waals surface area contributed by atoms with Crippen LogP contribution in [0.1, 0.15) is 48.0 Å². The van der Waals surface area contributed by atoms with Gasteiger partial charge in [-0.2, -0.15) is 5.26 Å². The van der Waals surface area contributed by atoms with Gasteiger partial charge in [0.15, 0.2) is 5.78 Å². The van der Waals surface area contributed by atoms with Gasteiger partial charge in [0, 0.05) is 6.42 Å². The Bertz CT molecular complexity index is 255. The first kappa shape index (κ1) is 14.2. The van der Waals surface area contributed by atoms with Crippen LogP contribution >= 0.6 is 0 Å². The third-order valence-corrected chi connectivity index (χ3v) is 3.14. The highest BCUT2D eigenvalue weighted by atomic mass is 16.1. The Kier molecular flexibility index (Phi) is 5.00. The minimum absolute atomic E-state index is 0.0925. The topological polar surface area (TPSA) is 40.9 Å². The van der Waals surface area contributed by atoms with E-state index in [-0.39, 0.29) is 17.1 Å². The van der Waals surface area contributed by atoms with Crippen LogP contribution in [-0.4, -0.2) is 5.78 Å². The molecule has 0 aliphatic carbocycles. The van der Waals surface area contributed by atoms with Crippen LogP contribution in [0, 0.1) is 34.5 Å². The van der Waals surface area contributed by atoms with E-state index in [2.05, 4.69) is 33.8 Å². The van der Waals surface area contributed by atoms with Crippen molar-refractivity contribution in [2.45, 2.75) is 48.0 Å². The lowest BCUT2D eigenvalue weighted by Crippen LogP contribution is -2.26. The molecule has 2 atom stereocenters. The molecule has 15 heavy (non-hydrogen) atoms. The number of carbonyl (C=O) groups is 1. The zero-order valence-corrected chi connectivity index (χ0v) is 10.8. The maximum Gasteiger partial charge on any atom is 0.150 e. The zero-order chi connectivity index (χ0) is 12.2. The molecular weight excluding hydrogens is 186 g/mol. The van der Waals surface area contributed by atoms with Gasteiger partial charge in [-0.1, -0.05) is 41.5 Å². The molecule has 0 aliphatic rings. The molecule has 0 amide bonds. The van der Waals surface area contributed by atoms with E-state index >= 15 is 0 Å². The van der Waals surface area contributed by atoms with Crippen LogP contribution < -0.4 is 0 Å². The smallest absolute Gasteiger partial charge is 0.150 e. The summed E-state index contributed by atoms with van der Waals surface area (Å²) in [5.41, 5.74) is 0.132. The summed E-state index contributed by atoms with van der Waals surface area (Å²) in [5, 5.41) is 8.91. The Morgan fingerprint density at radius 3 is 2.00 bits per heavy atom. The molecule has 2 unspecified atom stereocenters. The van der Waals surface area contributed by atoms with Gasteiger partial charge in [-0.3, -0.25) is 4.79 Å². The van der Waals surface area contributed by atoms with Gasteiger partial charge >= 0.3 is 0 Å². The number of nitriles is 1. The lowest BCUT2D eigenvalue weighted by Gasteiger charge is -2.27. The predicted octanol–water partition coefficient (Wildman–Crippen LogP) is 3.42. The second kappa shape index (κ2) is 5.30. The van der Waals surface area contributed by atoms with E-state index in [1.165, 1.54) is 0 Å². The first-order chi connectivity index (χ1) is 6.70. The van der Waals surface area contributed by atoms with Crippen molar-refractivity contribution >= 4 is 5.78 Å². The van der Waals surface area contributed by atoms with Crippen LogP contribution in [0.3, 0.4) is 0 Å². The van der Waals surface area contributed by atoms with Gasteiger partial charge in [0.05, 0.1) is 6.07 Å². The van der Waals surface area contributed by atoms with E-state index in [0.717, 1.165) is 0 Å². The third-order valence-electron chi connectivity index (χ3n) is 3.14. The van der Waals surface area contributed by atoms with Crippen molar-refractivity contribution in [1.82, 2.24) is 0 Å². The molecule has 0 aromatic carbocycles. The number of hydrogen-bond acceptors (Lipinski definition) is 2. The van der Waals surface area contributed by atoms with Crippen LogP contribution in [0.5, 0.6) is 0 Å². The number of ketones is 1. The van der Waals surface area contributed by atoms with Gasteiger partial charge in [-0.25, -0.2) is 0 Å². The maximum absolute atomic E-state index is 11.9. The second-order valence-electron chi connectivity index (χ2n) is 5.79. The molecule has 0 aromatic rings. The molecule has 2 heteroatoms. The van der Waals surface area contributed by atoms with Crippen molar-refractivity contribution in [2.75, 3.05) is 0 Å². The first-order valence-electron chi connectivity index (χ1n) is 5.62. The Balaban J connectivity index is 4.44. The molecule has 86 valence electrons. The zero-order valence-electron chi connectivity index (χ0n) is 10.8. The first-order valence-corrected chi connectivity index (χ1v) is 5.62. The maximum atomic E-state index is 11.9. The van der Waals surface area contributed by atoms with Gasteiger partial charge in [0.2, 0.25) is 0 Å². The van der Waals surface area contributed by atoms with E-state index in [0.29, 0.717) is 12.3 Å². The van der Waals surface area contributed by atoms with Crippen molar-refractivity contribution in [3.05, 3.63) is 0 Å². The quantitative estimate of drug-likeness (QED) is 0.711. The molecule has 0 aliphatic heterocycles. The van der Waals surface area contributed by atoms with Crippen LogP contribution in [0.25, 0.3) is 0 Å². The highest BCUT2D eigenvalue weighted by Crippen LogP contribution is 2.29. The molecule has 2 nitrogen and oxygen atoms in total. The number of Topliss-reactive ketones (excluding diaryl/α,β-unsaturated/α-hetero) is 1. The number of hydrogen-bond donors (Lipinski definition) is 0. The van der Waals surface area contributed by atoms with Crippen molar-refractivity contribution in [3.8, 4) is 6.07 Å². The fourth-order valence-corrected chi connectivity index (χ4v) is 1.33. The Morgan fingerprint density at radius 1 is 1.27 bits per heavy atom.